The number of amides is 2. The summed E-state index contributed by atoms with van der Waals surface area (Å²) in [6, 6.07) is 23.0. The van der Waals surface area contributed by atoms with Crippen molar-refractivity contribution in [2.24, 2.45) is 21.5 Å². The summed E-state index contributed by atoms with van der Waals surface area (Å²) in [6.07, 6.45) is 13.7. The Labute approximate surface area is 431 Å². The zero-order valence-corrected chi connectivity index (χ0v) is 42.6. The minimum atomic E-state index is -0.358. The van der Waals surface area contributed by atoms with Crippen LogP contribution < -0.4 is 30.4 Å². The van der Waals surface area contributed by atoms with Gasteiger partial charge in [0.05, 0.1) is 22.1 Å². The van der Waals surface area contributed by atoms with Crippen LogP contribution in [-0.2, 0) is 49.1 Å². The van der Waals surface area contributed by atoms with Crippen molar-refractivity contribution in [3.05, 3.63) is 163 Å². The van der Waals surface area contributed by atoms with Gasteiger partial charge in [0.2, 0.25) is 11.8 Å². The number of primary amides is 2. The van der Waals surface area contributed by atoms with E-state index in [0.29, 0.717) is 59.0 Å². The van der Waals surface area contributed by atoms with E-state index < -0.39 is 0 Å². The second kappa shape index (κ2) is 24.1. The van der Waals surface area contributed by atoms with E-state index >= 15 is 0 Å². The Balaban J connectivity index is 1.00. The van der Waals surface area contributed by atoms with Crippen LogP contribution >= 0.6 is 23.2 Å². The van der Waals surface area contributed by atoms with E-state index in [1.807, 2.05) is 60.7 Å². The summed E-state index contributed by atoms with van der Waals surface area (Å²) in [4.78, 5) is 45.7. The smallest absolute Gasteiger partial charge is 0.234 e. The minimum absolute atomic E-state index is 0.243. The summed E-state index contributed by atoms with van der Waals surface area (Å²) in [6.45, 7) is 7.50. The highest BCUT2D eigenvalue weighted by molar-refractivity contribution is 6.32. The number of halogens is 2. The molecule has 72 heavy (non-hydrogen) atoms. The van der Waals surface area contributed by atoms with Crippen LogP contribution in [0.5, 0.6) is 23.0 Å². The maximum atomic E-state index is 12.3. The fourth-order valence-corrected chi connectivity index (χ4v) is 9.99. The van der Waals surface area contributed by atoms with Crippen LogP contribution in [0.3, 0.4) is 0 Å². The van der Waals surface area contributed by atoms with Crippen LogP contribution in [0.2, 0.25) is 10.0 Å². The number of likely N-dealkylation sites (tertiary alicyclic amines) is 2. The predicted molar refractivity (Wildman–Crippen MR) is 282 cm³/mol. The average molecular weight is 1010 g/mol. The van der Waals surface area contributed by atoms with E-state index in [2.05, 4.69) is 55.7 Å². The molecule has 6 aromatic rings. The van der Waals surface area contributed by atoms with E-state index in [4.69, 9.17) is 53.6 Å². The molecule has 2 amide bonds. The zero-order chi connectivity index (χ0) is 50.7. The molecule has 2 atom stereocenters. The van der Waals surface area contributed by atoms with Crippen LogP contribution in [0, 0.1) is 13.8 Å². The molecule has 2 aliphatic rings. The third-order valence-corrected chi connectivity index (χ3v) is 13.9. The first-order chi connectivity index (χ1) is 34.9. The van der Waals surface area contributed by atoms with Gasteiger partial charge in [-0.3, -0.25) is 39.3 Å². The summed E-state index contributed by atoms with van der Waals surface area (Å²) in [5.74, 6) is 1.42. The maximum Gasteiger partial charge on any atom is 0.234 e. The first-order valence-corrected chi connectivity index (χ1v) is 24.8. The normalized spacial score (nSPS) is 16.2. The SMILES string of the molecule is CN=Cc1cncc(COc2cc(OCc3cccc(-c4cccc(COc5cc(OCc6cncc(C=NC)c6)c(CN6CCC[C@@H]6C(N)=O)cc5Cl)c4C)c3C)c(Cl)cc2CN2CCC[C@@H]2C(N)=O)c1. The summed E-state index contributed by atoms with van der Waals surface area (Å²) in [5.41, 5.74) is 22.8. The molecule has 0 aliphatic carbocycles. The quantitative estimate of drug-likeness (QED) is 0.0660. The van der Waals surface area contributed by atoms with Crippen LogP contribution in [0.25, 0.3) is 11.1 Å². The van der Waals surface area contributed by atoms with Crippen LogP contribution in [0.1, 0.15) is 81.3 Å². The van der Waals surface area contributed by atoms with Gasteiger partial charge in [-0.15, -0.1) is 0 Å². The Morgan fingerprint density at radius 3 is 1.42 bits per heavy atom. The number of aromatic nitrogens is 2. The molecule has 0 radical (unpaired) electrons. The Morgan fingerprint density at radius 1 is 0.597 bits per heavy atom. The van der Waals surface area contributed by atoms with Gasteiger partial charge in [-0.2, -0.15) is 0 Å². The molecule has 2 saturated heterocycles. The molecule has 16 heteroatoms. The van der Waals surface area contributed by atoms with Gasteiger partial charge in [-0.05, 0) is 110 Å². The molecule has 2 fully saturated rings. The van der Waals surface area contributed by atoms with Crippen molar-refractivity contribution in [3.8, 4) is 34.1 Å². The zero-order valence-electron chi connectivity index (χ0n) is 41.1. The lowest BCUT2D eigenvalue weighted by Gasteiger charge is -2.24. The fourth-order valence-electron chi connectivity index (χ4n) is 9.51. The maximum absolute atomic E-state index is 12.3. The number of nitrogens with zero attached hydrogens (tertiary/aromatic N) is 6. The first-order valence-electron chi connectivity index (χ1n) is 24.0. The summed E-state index contributed by atoms with van der Waals surface area (Å²) < 4.78 is 25.9. The molecule has 0 unspecified atom stereocenters. The molecule has 4 heterocycles. The highest BCUT2D eigenvalue weighted by Crippen LogP contribution is 2.39. The van der Waals surface area contributed by atoms with Gasteiger partial charge in [0, 0.05) is 110 Å². The Hall–Kier alpha value is -6.84. The molecule has 14 nitrogen and oxygen atoms in total. The molecule has 0 bridgehead atoms. The van der Waals surface area contributed by atoms with Gasteiger partial charge in [0.15, 0.2) is 0 Å². The lowest BCUT2D eigenvalue weighted by atomic mass is 9.92. The molecule has 4 N–H and O–H groups in total. The molecular formula is C56H60Cl2N8O6. The Bertz CT molecular complexity index is 2790. The van der Waals surface area contributed by atoms with E-state index in [0.717, 1.165) is 92.7 Å². The number of pyridine rings is 2. The summed E-state index contributed by atoms with van der Waals surface area (Å²) in [7, 11) is 3.43. The van der Waals surface area contributed by atoms with Crippen molar-refractivity contribution in [2.45, 2.75) is 91.1 Å². The highest BCUT2D eigenvalue weighted by atomic mass is 35.5. The van der Waals surface area contributed by atoms with Crippen molar-refractivity contribution < 1.29 is 28.5 Å². The van der Waals surface area contributed by atoms with E-state index in [1.54, 1.807) is 51.3 Å². The van der Waals surface area contributed by atoms with E-state index in [1.165, 1.54) is 0 Å². The first kappa shape index (κ1) is 51.5. The monoisotopic (exact) mass is 1010 g/mol. The standard InChI is InChI=1S/C56H60Cl2N8O6/c1-35-41(33-71-53-21-51(69-31-39-17-37(23-61-3)25-63-27-39)43(19-47(53)57)29-65-15-7-13-49(65)55(59)67)9-5-11-45(35)46-12-6-10-42(36(46)2)34-72-54-22-52(70-32-40-18-38(24-62-4)26-64-28-40)44(20-48(54)58)30-66-16-8-14-50(66)56(60)68/h5-6,9-12,17-28,49-50H,7-8,13-16,29-34H2,1-4H3,(H2,59,67)(H2,60,68)/t49-,50-/m1/s1. The number of nitrogens with two attached hydrogens (primary N) is 2. The van der Waals surface area contributed by atoms with Gasteiger partial charge in [-0.1, -0.05) is 59.6 Å². The number of carbonyl (C=O) groups is 2. The average Bonchev–Trinajstić information content (AvgIpc) is 4.04. The molecule has 8 rings (SSSR count). The summed E-state index contributed by atoms with van der Waals surface area (Å²) in [5, 5.41) is 0.850. The number of carbonyl (C=O) groups excluding carboxylic acids is 2. The van der Waals surface area contributed by atoms with E-state index in [9.17, 15) is 9.59 Å². The van der Waals surface area contributed by atoms with Crippen LogP contribution in [0.15, 0.2) is 108 Å². The molecule has 0 saturated carbocycles. The Kier molecular flexibility index (Phi) is 17.2. The molecule has 0 spiro atoms. The third kappa shape index (κ3) is 12.6. The number of hydrogen-bond acceptors (Lipinski definition) is 12. The molecule has 4 aromatic carbocycles. The van der Waals surface area contributed by atoms with E-state index in [-0.39, 0.29) is 50.3 Å². The predicted octanol–water partition coefficient (Wildman–Crippen LogP) is 9.38. The highest BCUT2D eigenvalue weighted by Gasteiger charge is 2.31. The second-order valence-corrected chi connectivity index (χ2v) is 19.0. The third-order valence-electron chi connectivity index (χ3n) is 13.3. The van der Waals surface area contributed by atoms with Crippen LogP contribution in [0.4, 0.5) is 0 Å². The van der Waals surface area contributed by atoms with Crippen molar-refractivity contribution in [2.75, 3.05) is 27.2 Å². The van der Waals surface area contributed by atoms with Gasteiger partial charge in [-0.25, -0.2) is 0 Å². The lowest BCUT2D eigenvalue weighted by Crippen LogP contribution is -2.39. The van der Waals surface area contributed by atoms with Crippen molar-refractivity contribution in [3.63, 3.8) is 0 Å². The number of benzene rings is 4. The number of aliphatic imine (C=N–C) groups is 2. The van der Waals surface area contributed by atoms with Crippen LogP contribution in [-0.4, -0.2) is 83.3 Å². The minimum Gasteiger partial charge on any atom is -0.488 e. The van der Waals surface area contributed by atoms with Gasteiger partial charge in [0.1, 0.15) is 49.4 Å². The van der Waals surface area contributed by atoms with Gasteiger partial charge >= 0.3 is 0 Å². The molecular weight excluding hydrogens is 952 g/mol. The molecule has 2 aliphatic heterocycles. The van der Waals surface area contributed by atoms with Crippen molar-refractivity contribution in [1.82, 2.24) is 19.8 Å². The van der Waals surface area contributed by atoms with Crippen molar-refractivity contribution in [1.29, 1.82) is 0 Å². The number of ether oxygens (including phenoxy) is 4. The molecule has 2 aromatic heterocycles. The fraction of sp³-hybridized carbons (Fsp3) is 0.321. The topological polar surface area (TPSA) is 180 Å². The lowest BCUT2D eigenvalue weighted by molar-refractivity contribution is -0.123. The largest absolute Gasteiger partial charge is 0.488 e. The van der Waals surface area contributed by atoms with Gasteiger partial charge < -0.3 is 30.4 Å². The van der Waals surface area contributed by atoms with Crippen molar-refractivity contribution >= 4 is 47.4 Å². The number of rotatable bonds is 21. The van der Waals surface area contributed by atoms with Gasteiger partial charge in [0.25, 0.3) is 0 Å². The molecule has 374 valence electrons. The number of hydrogen-bond donors (Lipinski definition) is 2. The second-order valence-electron chi connectivity index (χ2n) is 18.2. The summed E-state index contributed by atoms with van der Waals surface area (Å²) >= 11 is 13.9. The Morgan fingerprint density at radius 2 is 1.01 bits per heavy atom.